The number of carbonyl (C=O) groups excluding carboxylic acids is 1. The van der Waals surface area contributed by atoms with E-state index in [1.54, 1.807) is 6.07 Å². The second-order valence-corrected chi connectivity index (χ2v) is 15.6. The molecule has 0 aliphatic carbocycles. The summed E-state index contributed by atoms with van der Waals surface area (Å²) in [7, 11) is -8.32. The second kappa shape index (κ2) is 14.3. The zero-order valence-corrected chi connectivity index (χ0v) is 28.9. The molecule has 0 saturated heterocycles. The van der Waals surface area contributed by atoms with E-state index in [9.17, 15) is 57.5 Å². The van der Waals surface area contributed by atoms with Gasteiger partial charge in [0.2, 0.25) is 5.91 Å². The van der Waals surface area contributed by atoms with Gasteiger partial charge in [-0.3, -0.25) is 14.2 Å². The molecule has 0 spiro atoms. The summed E-state index contributed by atoms with van der Waals surface area (Å²) in [4.78, 5) is 13.4. The molecule has 25 heteroatoms. The topological polar surface area (TPSA) is 192 Å². The molecule has 1 aromatic carbocycles. The van der Waals surface area contributed by atoms with Crippen LogP contribution in [0.3, 0.4) is 0 Å². The van der Waals surface area contributed by atoms with Crippen molar-refractivity contribution in [1.82, 2.24) is 48.1 Å². The number of fused-ring (bicyclic) bond motifs is 2. The van der Waals surface area contributed by atoms with Gasteiger partial charge in [0.05, 0.1) is 42.9 Å². The first-order valence-electron chi connectivity index (χ1n) is 15.4. The number of nitrogens with one attached hydrogen (secondary N) is 1. The number of nitrogens with zero attached hydrogens (tertiary/aromatic N) is 9. The average Bonchev–Trinajstić information content (AvgIpc) is 3.90. The quantitative estimate of drug-likeness (QED) is 0.208. The molecule has 2 N–H and O–H groups in total. The van der Waals surface area contributed by atoms with Gasteiger partial charge in [0.15, 0.2) is 0 Å². The molecule has 4 aromatic heterocycles. The molecule has 0 bridgehead atoms. The van der Waals surface area contributed by atoms with Crippen LogP contribution in [0.4, 0.5) is 30.7 Å². The van der Waals surface area contributed by atoms with Crippen LogP contribution < -0.4 is 5.32 Å². The largest absolute Gasteiger partial charge is 0.408 e. The van der Waals surface area contributed by atoms with E-state index in [0.29, 0.717) is 37.8 Å². The average molecular weight is 809 g/mol. The molecule has 1 atom stereocenters. The summed E-state index contributed by atoms with van der Waals surface area (Å²) in [5, 5.41) is 27.4. The van der Waals surface area contributed by atoms with Crippen LogP contribution >= 0.6 is 0 Å². The minimum Gasteiger partial charge on any atom is -0.395 e. The Morgan fingerprint density at radius 2 is 1.31 bits per heavy atom. The lowest BCUT2D eigenvalue weighted by atomic mass is 9.98. The van der Waals surface area contributed by atoms with Crippen molar-refractivity contribution in [2.45, 2.75) is 67.3 Å². The molecule has 0 saturated carbocycles. The Labute approximate surface area is 300 Å². The molecule has 6 heterocycles. The van der Waals surface area contributed by atoms with E-state index in [4.69, 9.17) is 0 Å². The van der Waals surface area contributed by atoms with E-state index in [1.165, 1.54) is 29.3 Å². The van der Waals surface area contributed by atoms with Crippen molar-refractivity contribution < 1.29 is 57.5 Å². The third-order valence-electron chi connectivity index (χ3n) is 8.09. The molecule has 7 rings (SSSR count). The van der Waals surface area contributed by atoms with Crippen molar-refractivity contribution in [2.75, 3.05) is 6.61 Å². The number of rotatable bonds is 9. The predicted octanol–water partition coefficient (Wildman–Crippen LogP) is 2.12. The van der Waals surface area contributed by atoms with Crippen molar-refractivity contribution >= 4 is 26.0 Å². The molecule has 290 valence electrons. The van der Waals surface area contributed by atoms with Gasteiger partial charge in [-0.25, -0.2) is 4.39 Å². The van der Waals surface area contributed by atoms with Crippen LogP contribution in [0.2, 0.25) is 0 Å². The lowest BCUT2D eigenvalue weighted by molar-refractivity contribution is -0.143. The van der Waals surface area contributed by atoms with Crippen LogP contribution in [-0.4, -0.2) is 89.6 Å². The van der Waals surface area contributed by atoms with Gasteiger partial charge in [0.1, 0.15) is 28.7 Å². The number of carbonyl (C=O) groups is 1. The third-order valence-corrected chi connectivity index (χ3v) is 11.1. The summed E-state index contributed by atoms with van der Waals surface area (Å²) >= 11 is 0. The zero-order valence-electron chi connectivity index (χ0n) is 27.3. The van der Waals surface area contributed by atoms with Crippen LogP contribution in [-0.2, 0) is 64.1 Å². The van der Waals surface area contributed by atoms with Crippen molar-refractivity contribution in [2.24, 2.45) is 0 Å². The van der Waals surface area contributed by atoms with E-state index >= 15 is 0 Å². The Kier molecular flexibility index (Phi) is 10.2. The number of halogens is 7. The summed E-state index contributed by atoms with van der Waals surface area (Å²) in [6, 6.07) is 5.57. The number of aliphatic hydroxyl groups is 1. The number of benzene rings is 1. The number of hydrogen-bond donors (Lipinski definition) is 2. The molecule has 16 nitrogen and oxygen atoms in total. The molecule has 0 radical (unpaired) electrons. The van der Waals surface area contributed by atoms with E-state index in [-0.39, 0.29) is 29.2 Å². The zero-order chi connectivity index (χ0) is 39.2. The van der Waals surface area contributed by atoms with E-state index in [2.05, 4.69) is 25.7 Å². The highest BCUT2D eigenvalue weighted by atomic mass is 32.2. The van der Waals surface area contributed by atoms with Crippen LogP contribution in [0, 0.1) is 5.82 Å². The Hall–Kier alpha value is -5.14. The maximum absolute atomic E-state index is 14.1. The van der Waals surface area contributed by atoms with Gasteiger partial charge in [0.25, 0.3) is 20.0 Å². The van der Waals surface area contributed by atoms with Gasteiger partial charge >= 0.3 is 12.4 Å². The first-order valence-corrected chi connectivity index (χ1v) is 18.3. The summed E-state index contributed by atoms with van der Waals surface area (Å²) in [6.07, 6.45) is -3.24. The van der Waals surface area contributed by atoms with Gasteiger partial charge in [-0.05, 0) is 6.07 Å². The normalized spacial score (nSPS) is 15.1. The Bertz CT molecular complexity index is 2360. The van der Waals surface area contributed by atoms with Crippen molar-refractivity contribution in [1.29, 1.82) is 0 Å². The molecule has 0 fully saturated rings. The number of aromatic nitrogens is 8. The fraction of sp³-hybridized carbons (Fsp3) is 0.345. The second-order valence-electron chi connectivity index (χ2n) is 12.0. The smallest absolute Gasteiger partial charge is 0.395 e. The van der Waals surface area contributed by atoms with Crippen LogP contribution in [0.5, 0.6) is 0 Å². The van der Waals surface area contributed by atoms with Gasteiger partial charge in [-0.2, -0.15) is 71.7 Å². The highest BCUT2D eigenvalue weighted by Gasteiger charge is 2.35. The van der Waals surface area contributed by atoms with Crippen LogP contribution in [0.1, 0.15) is 34.0 Å². The van der Waals surface area contributed by atoms with Gasteiger partial charge in [-0.15, -0.1) is 0 Å². The Morgan fingerprint density at radius 1 is 0.778 bits per heavy atom. The molecule has 0 unspecified atom stereocenters. The summed E-state index contributed by atoms with van der Waals surface area (Å²) in [5.41, 5.74) is 2.07. The van der Waals surface area contributed by atoms with Gasteiger partial charge in [0, 0.05) is 61.1 Å². The molecule has 2 aliphatic rings. The minimum atomic E-state index is -4.56. The molecular formula is C29H27F7N10O6S2. The predicted molar refractivity (Wildman–Crippen MR) is 167 cm³/mol. The van der Waals surface area contributed by atoms with E-state index in [1.807, 2.05) is 0 Å². The summed E-state index contributed by atoms with van der Waals surface area (Å²) in [5.74, 6) is -2.32. The number of aliphatic hydroxyl groups excluding tert-OH is 1. The molecule has 1 amide bonds. The number of amides is 1. The first kappa shape index (κ1) is 38.6. The minimum absolute atomic E-state index is 0.0258. The molecule has 5 aromatic rings. The van der Waals surface area contributed by atoms with Crippen molar-refractivity contribution in [3.8, 4) is 0 Å². The lowest BCUT2D eigenvalue weighted by Crippen LogP contribution is -2.33. The highest BCUT2D eigenvalue weighted by molar-refractivity contribution is 7.90. The maximum Gasteiger partial charge on any atom is 0.408 e. The van der Waals surface area contributed by atoms with Crippen molar-refractivity contribution in [3.05, 3.63) is 95.3 Å². The summed E-state index contributed by atoms with van der Waals surface area (Å²) in [6.45, 7) is -2.53. The van der Waals surface area contributed by atoms with Gasteiger partial charge in [-0.1, -0.05) is 18.2 Å². The van der Waals surface area contributed by atoms with Crippen LogP contribution in [0.25, 0.3) is 0 Å². The number of hydrogen-bond acceptors (Lipinski definition) is 11. The van der Waals surface area contributed by atoms with Crippen LogP contribution in [0.15, 0.2) is 71.2 Å². The van der Waals surface area contributed by atoms with Gasteiger partial charge < -0.3 is 15.3 Å². The molecule has 2 aliphatic heterocycles. The number of alkyl halides is 6. The fourth-order valence-corrected chi connectivity index (χ4v) is 7.81. The standard InChI is InChI=1S/C19H17F4N5O4S.C10H10F3N5O2S/c20-16-4-2-1-3-14(16)15(10-29)18(30)26-6-12-7-28(25-17(12)9-26)33(31,32)13-5-24-27(8-13)11-19(21,22)23;11-10(12,13)6-17-5-8(2-15-17)21(19,20)18-4-7-1-14-3-9(7)16-18/h1-5,7-8,15,29H,6,9-11H2;2,4-5,14H,1,3,6H2/t15-;/m1./s1. The monoisotopic (exact) mass is 808 g/mol. The SMILES string of the molecule is O=C([C@H](CO)c1ccccc1F)N1Cc2cn(S(=O)(=O)c3cnn(CC(F)(F)F)c3)nc2C1.O=S(=O)(c1cnn(CC(F)(F)F)c1)n1cc2c(n1)CNC2. The van der Waals surface area contributed by atoms with Crippen molar-refractivity contribution in [3.63, 3.8) is 0 Å². The molecular weight excluding hydrogens is 782 g/mol. The third kappa shape index (κ3) is 8.17. The summed E-state index contributed by atoms with van der Waals surface area (Å²) < 4.78 is 141. The molecule has 54 heavy (non-hydrogen) atoms. The van der Waals surface area contributed by atoms with E-state index < -0.39 is 74.6 Å². The van der Waals surface area contributed by atoms with E-state index in [0.717, 1.165) is 40.6 Å². The lowest BCUT2D eigenvalue weighted by Gasteiger charge is -2.22. The Morgan fingerprint density at radius 3 is 1.81 bits per heavy atom. The highest BCUT2D eigenvalue weighted by Crippen LogP contribution is 2.29. The first-order chi connectivity index (χ1) is 25.2. The fourth-order valence-electron chi connectivity index (χ4n) is 5.56. The maximum atomic E-state index is 14.1. The Balaban J connectivity index is 0.000000203.